The molecule has 1 aliphatic rings. The van der Waals surface area contributed by atoms with Crippen molar-refractivity contribution in [3.05, 3.63) is 259 Å². The Morgan fingerprint density at radius 2 is 0.836 bits per heavy atom. The maximum atomic E-state index is 6.50. The highest BCUT2D eigenvalue weighted by Gasteiger charge is 2.47. The van der Waals surface area contributed by atoms with Crippen molar-refractivity contribution in [1.82, 2.24) is 0 Å². The number of para-hydroxylation sites is 2. The van der Waals surface area contributed by atoms with Crippen LogP contribution in [0.3, 0.4) is 0 Å². The molecular weight excluding hydrogens is 739 g/mol. The van der Waals surface area contributed by atoms with Crippen LogP contribution in [0.2, 0.25) is 0 Å². The van der Waals surface area contributed by atoms with Gasteiger partial charge in [-0.1, -0.05) is 194 Å². The topological polar surface area (TPSA) is 16.4 Å². The lowest BCUT2D eigenvalue weighted by Gasteiger charge is -2.35. The van der Waals surface area contributed by atoms with Crippen LogP contribution in [0.1, 0.15) is 22.3 Å². The normalized spacial score (nSPS) is 12.7. The van der Waals surface area contributed by atoms with E-state index in [1.54, 1.807) is 0 Å². The van der Waals surface area contributed by atoms with E-state index in [0.717, 1.165) is 61.3 Å². The van der Waals surface area contributed by atoms with E-state index in [1.165, 1.54) is 44.2 Å². The van der Waals surface area contributed by atoms with E-state index in [1.807, 2.05) is 0 Å². The molecule has 11 aromatic rings. The lowest BCUT2D eigenvalue weighted by molar-refractivity contribution is 0.669. The minimum Gasteiger partial charge on any atom is -0.456 e. The fourth-order valence-corrected chi connectivity index (χ4v) is 10.1. The highest BCUT2D eigenvalue weighted by atomic mass is 16.3. The highest BCUT2D eigenvalue weighted by Crippen LogP contribution is 2.60. The minimum absolute atomic E-state index is 0.536. The molecule has 12 rings (SSSR count). The van der Waals surface area contributed by atoms with Gasteiger partial charge in [-0.2, -0.15) is 0 Å². The number of hydrogen-bond donors (Lipinski definition) is 0. The van der Waals surface area contributed by atoms with E-state index in [9.17, 15) is 0 Å². The van der Waals surface area contributed by atoms with Gasteiger partial charge >= 0.3 is 0 Å². The highest BCUT2D eigenvalue weighted by molar-refractivity contribution is 6.11. The number of furan rings is 1. The Morgan fingerprint density at radius 1 is 0.328 bits per heavy atom. The zero-order valence-corrected chi connectivity index (χ0v) is 33.4. The first-order valence-corrected chi connectivity index (χ1v) is 21.0. The Kier molecular flexibility index (Phi) is 8.11. The molecule has 0 aliphatic heterocycles. The van der Waals surface area contributed by atoms with Crippen LogP contribution in [0.4, 0.5) is 17.1 Å². The summed E-state index contributed by atoms with van der Waals surface area (Å²) in [5.74, 6) is 0. The minimum atomic E-state index is -0.536. The fourth-order valence-electron chi connectivity index (χ4n) is 10.1. The van der Waals surface area contributed by atoms with Crippen molar-refractivity contribution >= 4 is 49.8 Å². The molecule has 286 valence electrons. The van der Waals surface area contributed by atoms with Crippen molar-refractivity contribution in [1.29, 1.82) is 0 Å². The molecule has 2 heteroatoms. The first kappa shape index (κ1) is 35.0. The third-order valence-corrected chi connectivity index (χ3v) is 12.7. The van der Waals surface area contributed by atoms with Crippen molar-refractivity contribution in [2.45, 2.75) is 5.41 Å². The van der Waals surface area contributed by atoms with E-state index in [2.05, 4.69) is 241 Å². The molecule has 0 saturated heterocycles. The van der Waals surface area contributed by atoms with Crippen LogP contribution in [0.5, 0.6) is 0 Å². The summed E-state index contributed by atoms with van der Waals surface area (Å²) in [6, 6.07) is 86.2. The van der Waals surface area contributed by atoms with E-state index in [0.29, 0.717) is 0 Å². The Morgan fingerprint density at radius 3 is 1.52 bits per heavy atom. The lowest BCUT2D eigenvalue weighted by Crippen LogP contribution is -2.28. The van der Waals surface area contributed by atoms with E-state index >= 15 is 0 Å². The van der Waals surface area contributed by atoms with Crippen molar-refractivity contribution in [2.75, 3.05) is 4.90 Å². The number of nitrogens with zero attached hydrogens (tertiary/aromatic N) is 1. The number of hydrogen-bond acceptors (Lipinski definition) is 2. The standard InChI is InChI=1S/C59H39NO/c1-4-19-40(20-5-1)46-27-13-16-32-53(46)60(54-33-17-14-28-47(54)43-35-36-56-49(38-43)50-37-41-21-10-11-22-42(41)39-57(50)61-56)55-34-18-31-52-58(55)48-29-12-15-30-51(48)59(52,44-23-6-2-7-24-44)45-25-8-3-9-26-45/h1-39H. The number of anilines is 3. The van der Waals surface area contributed by atoms with Crippen molar-refractivity contribution in [3.63, 3.8) is 0 Å². The summed E-state index contributed by atoms with van der Waals surface area (Å²) >= 11 is 0. The van der Waals surface area contributed by atoms with Gasteiger partial charge in [0.1, 0.15) is 11.2 Å². The fraction of sp³-hybridized carbons (Fsp3) is 0.0169. The smallest absolute Gasteiger partial charge is 0.136 e. The summed E-state index contributed by atoms with van der Waals surface area (Å²) < 4.78 is 6.50. The largest absolute Gasteiger partial charge is 0.456 e. The van der Waals surface area contributed by atoms with Crippen LogP contribution in [0.25, 0.3) is 66.1 Å². The Labute approximate surface area is 355 Å². The van der Waals surface area contributed by atoms with Gasteiger partial charge < -0.3 is 9.32 Å². The van der Waals surface area contributed by atoms with Crippen LogP contribution in [0.15, 0.2) is 241 Å². The molecule has 0 bridgehead atoms. The molecule has 61 heavy (non-hydrogen) atoms. The van der Waals surface area contributed by atoms with Crippen LogP contribution in [-0.4, -0.2) is 0 Å². The molecule has 2 nitrogen and oxygen atoms in total. The summed E-state index contributed by atoms with van der Waals surface area (Å²) in [6.45, 7) is 0. The van der Waals surface area contributed by atoms with Gasteiger partial charge in [0.2, 0.25) is 0 Å². The first-order valence-electron chi connectivity index (χ1n) is 21.0. The molecule has 1 aromatic heterocycles. The third kappa shape index (κ3) is 5.43. The van der Waals surface area contributed by atoms with Gasteiger partial charge in [-0.05, 0) is 92.2 Å². The number of benzene rings is 10. The molecule has 0 saturated carbocycles. The molecule has 1 heterocycles. The summed E-state index contributed by atoms with van der Waals surface area (Å²) in [7, 11) is 0. The van der Waals surface area contributed by atoms with Crippen molar-refractivity contribution in [3.8, 4) is 33.4 Å². The molecule has 10 aromatic carbocycles. The summed E-state index contributed by atoms with van der Waals surface area (Å²) in [4.78, 5) is 2.52. The third-order valence-electron chi connectivity index (χ3n) is 12.7. The summed E-state index contributed by atoms with van der Waals surface area (Å²) in [6.07, 6.45) is 0. The number of fused-ring (bicyclic) bond motifs is 7. The molecule has 0 spiro atoms. The number of rotatable bonds is 7. The predicted molar refractivity (Wildman–Crippen MR) is 254 cm³/mol. The van der Waals surface area contributed by atoms with E-state index < -0.39 is 5.41 Å². The van der Waals surface area contributed by atoms with Crippen LogP contribution >= 0.6 is 0 Å². The molecule has 1 aliphatic carbocycles. The SMILES string of the molecule is c1ccc(-c2ccccc2N(c2ccccc2-c2ccc3oc4cc5ccccc5cc4c3c2)c2cccc3c2-c2ccccc2C3(c2ccccc2)c2ccccc2)cc1. The van der Waals surface area contributed by atoms with E-state index in [4.69, 9.17) is 4.42 Å². The van der Waals surface area contributed by atoms with Crippen LogP contribution in [0, 0.1) is 0 Å². The molecular formula is C59H39NO. The summed E-state index contributed by atoms with van der Waals surface area (Å²) in [5, 5.41) is 4.60. The van der Waals surface area contributed by atoms with Crippen molar-refractivity contribution < 1.29 is 4.42 Å². The van der Waals surface area contributed by atoms with Gasteiger partial charge in [0.15, 0.2) is 0 Å². The van der Waals surface area contributed by atoms with Gasteiger partial charge in [0.05, 0.1) is 22.5 Å². The average Bonchev–Trinajstić information content (AvgIpc) is 3.85. The Bertz CT molecular complexity index is 3380. The second-order valence-electron chi connectivity index (χ2n) is 16.0. The van der Waals surface area contributed by atoms with Crippen LogP contribution < -0.4 is 4.90 Å². The van der Waals surface area contributed by atoms with Gasteiger partial charge in [0.25, 0.3) is 0 Å². The summed E-state index contributed by atoms with van der Waals surface area (Å²) in [5.41, 5.74) is 16.6. The zero-order valence-electron chi connectivity index (χ0n) is 33.4. The lowest BCUT2D eigenvalue weighted by atomic mass is 9.68. The van der Waals surface area contributed by atoms with Gasteiger partial charge in [-0.3, -0.25) is 0 Å². The van der Waals surface area contributed by atoms with Gasteiger partial charge in [0, 0.05) is 27.5 Å². The van der Waals surface area contributed by atoms with Gasteiger partial charge in [-0.15, -0.1) is 0 Å². The monoisotopic (exact) mass is 777 g/mol. The quantitative estimate of drug-likeness (QED) is 0.160. The zero-order chi connectivity index (χ0) is 40.3. The first-order chi connectivity index (χ1) is 30.3. The molecule has 0 unspecified atom stereocenters. The second-order valence-corrected chi connectivity index (χ2v) is 16.0. The predicted octanol–water partition coefficient (Wildman–Crippen LogP) is 15.9. The maximum absolute atomic E-state index is 6.50. The van der Waals surface area contributed by atoms with Gasteiger partial charge in [-0.25, -0.2) is 0 Å². The van der Waals surface area contributed by atoms with Crippen molar-refractivity contribution in [2.24, 2.45) is 0 Å². The average molecular weight is 778 g/mol. The van der Waals surface area contributed by atoms with E-state index in [-0.39, 0.29) is 0 Å². The molecule has 0 N–H and O–H groups in total. The second kappa shape index (κ2) is 14.1. The molecule has 0 radical (unpaired) electrons. The molecule has 0 amide bonds. The molecule has 0 atom stereocenters. The van der Waals surface area contributed by atoms with Crippen LogP contribution in [-0.2, 0) is 5.41 Å². The Hall–Kier alpha value is -7.94. The maximum Gasteiger partial charge on any atom is 0.136 e. The Balaban J connectivity index is 1.16. The molecule has 0 fully saturated rings.